The molecular formula is C28H32F2N8O. The highest BCUT2D eigenvalue weighted by atomic mass is 19.3. The fourth-order valence-electron chi connectivity index (χ4n) is 5.59. The highest BCUT2D eigenvalue weighted by molar-refractivity contribution is 5.78. The molecule has 11 heteroatoms. The molecule has 2 fully saturated rings. The Balaban J connectivity index is 1.24. The summed E-state index contributed by atoms with van der Waals surface area (Å²) < 4.78 is 35.2. The smallest absolute Gasteiger partial charge is 0.296 e. The molecule has 1 atom stereocenters. The molecule has 0 amide bonds. The highest BCUT2D eigenvalue weighted by Crippen LogP contribution is 2.29. The number of hydrogen-bond acceptors (Lipinski definition) is 8. The van der Waals surface area contributed by atoms with Crippen molar-refractivity contribution in [2.75, 3.05) is 49.2 Å². The predicted octanol–water partition coefficient (Wildman–Crippen LogP) is 4.62. The lowest BCUT2D eigenvalue weighted by molar-refractivity contribution is 0.122. The zero-order valence-electron chi connectivity index (χ0n) is 21.8. The van der Waals surface area contributed by atoms with E-state index in [4.69, 9.17) is 14.7 Å². The largest absolute Gasteiger partial charge is 0.378 e. The summed E-state index contributed by atoms with van der Waals surface area (Å²) in [7, 11) is 0. The van der Waals surface area contributed by atoms with E-state index in [9.17, 15) is 8.78 Å². The third kappa shape index (κ3) is 5.68. The van der Waals surface area contributed by atoms with E-state index in [0.717, 1.165) is 44.0 Å². The van der Waals surface area contributed by atoms with Gasteiger partial charge in [0, 0.05) is 51.1 Å². The molecule has 204 valence electrons. The van der Waals surface area contributed by atoms with E-state index in [-0.39, 0.29) is 5.82 Å². The maximum absolute atomic E-state index is 14.1. The topological polar surface area (TPSA) is 85.1 Å². The second-order valence-electron chi connectivity index (χ2n) is 10.1. The fraction of sp³-hybridized carbons (Fsp3) is 0.464. The normalized spacial score (nSPS) is 18.3. The van der Waals surface area contributed by atoms with Crippen LogP contribution in [-0.2, 0) is 11.2 Å². The van der Waals surface area contributed by atoms with E-state index in [1.807, 2.05) is 12.3 Å². The molecule has 0 aliphatic carbocycles. The molecule has 0 radical (unpaired) electrons. The lowest BCUT2D eigenvalue weighted by Crippen LogP contribution is -2.37. The van der Waals surface area contributed by atoms with Crippen molar-refractivity contribution in [2.45, 2.75) is 38.5 Å². The van der Waals surface area contributed by atoms with Crippen molar-refractivity contribution in [3.8, 4) is 5.82 Å². The van der Waals surface area contributed by atoms with Crippen LogP contribution in [0.25, 0.3) is 16.9 Å². The first-order valence-corrected chi connectivity index (χ1v) is 13.6. The standard InChI is InChI=1S/C28H32F2N8O/c29-27(30)28-33-21-7-1-2-8-22(21)38(28)25-17-24(36-13-15-39-16-14-36)34-23(35-25)9-3-5-20-6-4-12-37(19-20)26-18-31-10-11-32-26/h1-2,7-8,10-11,17-18,20,27H,3-6,9,12-16,19H2/t20-/m0/s1. The number of fused-ring (bicyclic) bond motifs is 1. The summed E-state index contributed by atoms with van der Waals surface area (Å²) >= 11 is 0. The van der Waals surface area contributed by atoms with Crippen LogP contribution < -0.4 is 9.80 Å². The van der Waals surface area contributed by atoms with E-state index in [0.29, 0.717) is 61.3 Å². The summed E-state index contributed by atoms with van der Waals surface area (Å²) in [5, 5.41) is 0. The third-order valence-corrected chi connectivity index (χ3v) is 7.50. The first kappa shape index (κ1) is 25.5. The summed E-state index contributed by atoms with van der Waals surface area (Å²) in [5.41, 5.74) is 1.13. The molecule has 2 aliphatic rings. The van der Waals surface area contributed by atoms with E-state index in [1.54, 1.807) is 36.7 Å². The molecule has 0 saturated carbocycles. The second kappa shape index (κ2) is 11.6. The SMILES string of the molecule is FC(F)c1nc2ccccc2n1-c1cc(N2CCOCC2)nc(CCC[C@H]2CCCN(c3cnccn3)C2)n1. The lowest BCUT2D eigenvalue weighted by atomic mass is 9.92. The number of piperidine rings is 1. The van der Waals surface area contributed by atoms with Gasteiger partial charge in [-0.15, -0.1) is 0 Å². The quantitative estimate of drug-likeness (QED) is 0.324. The van der Waals surface area contributed by atoms with Gasteiger partial charge in [0.25, 0.3) is 6.43 Å². The van der Waals surface area contributed by atoms with Crippen molar-refractivity contribution < 1.29 is 13.5 Å². The summed E-state index contributed by atoms with van der Waals surface area (Å²) in [6.07, 6.45) is 7.44. The molecule has 4 aromatic rings. The molecule has 2 saturated heterocycles. The Labute approximate surface area is 225 Å². The lowest BCUT2D eigenvalue weighted by Gasteiger charge is -2.33. The molecule has 2 aliphatic heterocycles. The monoisotopic (exact) mass is 534 g/mol. The molecule has 0 spiro atoms. The van der Waals surface area contributed by atoms with Gasteiger partial charge in [0.1, 0.15) is 23.3 Å². The molecule has 6 rings (SSSR count). The number of rotatable bonds is 8. The van der Waals surface area contributed by atoms with Crippen LogP contribution in [0.2, 0.25) is 0 Å². The first-order chi connectivity index (χ1) is 19.2. The minimum Gasteiger partial charge on any atom is -0.378 e. The molecule has 5 heterocycles. The van der Waals surface area contributed by atoms with Crippen molar-refractivity contribution in [3.63, 3.8) is 0 Å². The zero-order chi connectivity index (χ0) is 26.6. The minimum atomic E-state index is -2.73. The number of nitrogens with zero attached hydrogens (tertiary/aromatic N) is 8. The van der Waals surface area contributed by atoms with Gasteiger partial charge in [0.05, 0.1) is 30.4 Å². The molecule has 0 bridgehead atoms. The number of para-hydroxylation sites is 2. The number of imidazole rings is 1. The Kier molecular flexibility index (Phi) is 7.57. The number of ether oxygens (including phenoxy) is 1. The summed E-state index contributed by atoms with van der Waals surface area (Å²) in [5.74, 6) is 3.00. The number of benzene rings is 1. The van der Waals surface area contributed by atoms with E-state index in [1.165, 1.54) is 11.0 Å². The third-order valence-electron chi connectivity index (χ3n) is 7.50. The zero-order valence-corrected chi connectivity index (χ0v) is 21.8. The summed E-state index contributed by atoms with van der Waals surface area (Å²) in [4.78, 5) is 27.0. The Morgan fingerprint density at radius 2 is 1.79 bits per heavy atom. The molecule has 1 aromatic carbocycles. The first-order valence-electron chi connectivity index (χ1n) is 13.6. The molecular weight excluding hydrogens is 502 g/mol. The van der Waals surface area contributed by atoms with E-state index < -0.39 is 6.43 Å². The van der Waals surface area contributed by atoms with Gasteiger partial charge >= 0.3 is 0 Å². The number of alkyl halides is 2. The number of aryl methyl sites for hydroxylation is 1. The van der Waals surface area contributed by atoms with Gasteiger partial charge in [0.15, 0.2) is 5.82 Å². The minimum absolute atomic E-state index is 0.305. The number of aromatic nitrogens is 6. The van der Waals surface area contributed by atoms with Crippen molar-refractivity contribution in [1.29, 1.82) is 0 Å². The van der Waals surface area contributed by atoms with Gasteiger partial charge in [-0.3, -0.25) is 9.55 Å². The fourth-order valence-corrected chi connectivity index (χ4v) is 5.59. The van der Waals surface area contributed by atoms with Crippen molar-refractivity contribution in [2.24, 2.45) is 5.92 Å². The van der Waals surface area contributed by atoms with E-state index >= 15 is 0 Å². The second-order valence-corrected chi connectivity index (χ2v) is 10.1. The summed E-state index contributed by atoms with van der Waals surface area (Å²) in [6, 6.07) is 8.98. The molecule has 9 nitrogen and oxygen atoms in total. The van der Waals surface area contributed by atoms with Gasteiger partial charge in [-0.25, -0.2) is 28.7 Å². The Morgan fingerprint density at radius 3 is 2.62 bits per heavy atom. The maximum atomic E-state index is 14.1. The van der Waals surface area contributed by atoms with Crippen LogP contribution in [0.15, 0.2) is 48.9 Å². The van der Waals surface area contributed by atoms with Crippen LogP contribution in [0.1, 0.15) is 43.8 Å². The van der Waals surface area contributed by atoms with Gasteiger partial charge in [-0.05, 0) is 43.7 Å². The molecule has 3 aromatic heterocycles. The number of hydrogen-bond donors (Lipinski definition) is 0. The van der Waals surface area contributed by atoms with Crippen LogP contribution in [0.4, 0.5) is 20.4 Å². The average Bonchev–Trinajstić information content (AvgIpc) is 3.38. The van der Waals surface area contributed by atoms with Gasteiger partial charge in [-0.2, -0.15) is 0 Å². The van der Waals surface area contributed by atoms with Gasteiger partial charge in [-0.1, -0.05) is 12.1 Å². The van der Waals surface area contributed by atoms with Crippen LogP contribution >= 0.6 is 0 Å². The van der Waals surface area contributed by atoms with Gasteiger partial charge < -0.3 is 14.5 Å². The van der Waals surface area contributed by atoms with Crippen LogP contribution in [0.5, 0.6) is 0 Å². The van der Waals surface area contributed by atoms with Crippen LogP contribution in [0.3, 0.4) is 0 Å². The van der Waals surface area contributed by atoms with Crippen LogP contribution in [-0.4, -0.2) is 68.9 Å². The Bertz CT molecular complexity index is 1390. The highest BCUT2D eigenvalue weighted by Gasteiger charge is 2.24. The Hall–Kier alpha value is -3.73. The predicted molar refractivity (Wildman–Crippen MR) is 145 cm³/mol. The summed E-state index contributed by atoms with van der Waals surface area (Å²) in [6.45, 7) is 4.56. The molecule has 0 N–H and O–H groups in total. The number of morpholine rings is 1. The maximum Gasteiger partial charge on any atom is 0.296 e. The Morgan fingerprint density at radius 1 is 0.949 bits per heavy atom. The number of halogens is 2. The number of anilines is 2. The van der Waals surface area contributed by atoms with Crippen LogP contribution in [0, 0.1) is 5.92 Å². The molecule has 0 unspecified atom stereocenters. The van der Waals surface area contributed by atoms with Crippen molar-refractivity contribution in [1.82, 2.24) is 29.5 Å². The van der Waals surface area contributed by atoms with Gasteiger partial charge in [0.2, 0.25) is 0 Å². The van der Waals surface area contributed by atoms with Crippen molar-refractivity contribution in [3.05, 3.63) is 60.6 Å². The van der Waals surface area contributed by atoms with E-state index in [2.05, 4.69) is 24.8 Å². The van der Waals surface area contributed by atoms with Crippen molar-refractivity contribution >= 4 is 22.7 Å². The average molecular weight is 535 g/mol. The molecule has 39 heavy (non-hydrogen) atoms.